The van der Waals surface area contributed by atoms with Crippen LogP contribution in [0, 0.1) is 0 Å². The van der Waals surface area contributed by atoms with E-state index in [4.69, 9.17) is 23.2 Å². The van der Waals surface area contributed by atoms with Crippen molar-refractivity contribution in [1.82, 2.24) is 0 Å². The molecular formula is C11H12Cl2. The van der Waals surface area contributed by atoms with Crippen molar-refractivity contribution in [3.63, 3.8) is 0 Å². The van der Waals surface area contributed by atoms with Crippen molar-refractivity contribution in [1.29, 1.82) is 0 Å². The summed E-state index contributed by atoms with van der Waals surface area (Å²) in [5.41, 5.74) is 3.65. The first-order valence-electron chi connectivity index (χ1n) is 4.21. The van der Waals surface area contributed by atoms with E-state index in [2.05, 4.69) is 26.0 Å². The summed E-state index contributed by atoms with van der Waals surface area (Å²) >= 11 is 11.3. The van der Waals surface area contributed by atoms with Crippen molar-refractivity contribution in [2.24, 2.45) is 0 Å². The lowest BCUT2D eigenvalue weighted by molar-refractivity contribution is 0.866. The van der Waals surface area contributed by atoms with Gasteiger partial charge in [0.15, 0.2) is 0 Å². The summed E-state index contributed by atoms with van der Waals surface area (Å²) in [6.45, 7) is 4.32. The molecule has 0 fully saturated rings. The van der Waals surface area contributed by atoms with E-state index in [0.29, 0.717) is 11.0 Å². The highest BCUT2D eigenvalue weighted by Crippen LogP contribution is 2.22. The van der Waals surface area contributed by atoms with Crippen LogP contribution in [0.3, 0.4) is 0 Å². The van der Waals surface area contributed by atoms with Gasteiger partial charge in [-0.1, -0.05) is 61.3 Å². The molecule has 1 aromatic carbocycles. The number of benzene rings is 1. The third-order valence-corrected chi connectivity index (χ3v) is 2.61. The second-order valence-corrected chi connectivity index (χ2v) is 3.86. The van der Waals surface area contributed by atoms with Gasteiger partial charge in [-0.2, -0.15) is 0 Å². The average Bonchev–Trinajstić information content (AvgIpc) is 2.17. The first-order chi connectivity index (χ1) is 6.15. The number of hydrogen-bond acceptors (Lipinski definition) is 0. The molecule has 0 atom stereocenters. The highest BCUT2D eigenvalue weighted by atomic mass is 35.5. The fourth-order valence-corrected chi connectivity index (χ4v) is 1.34. The highest BCUT2D eigenvalue weighted by molar-refractivity contribution is 6.52. The van der Waals surface area contributed by atoms with Crippen molar-refractivity contribution >= 4 is 28.2 Å². The van der Waals surface area contributed by atoms with Gasteiger partial charge in [-0.05, 0) is 17.0 Å². The Labute approximate surface area is 89.2 Å². The number of hydrogen-bond donors (Lipinski definition) is 0. The van der Waals surface area contributed by atoms with Crippen molar-refractivity contribution in [3.8, 4) is 0 Å². The molecule has 0 amide bonds. The monoisotopic (exact) mass is 214 g/mol. The zero-order valence-electron chi connectivity index (χ0n) is 7.72. The van der Waals surface area contributed by atoms with Gasteiger partial charge >= 0.3 is 0 Å². The van der Waals surface area contributed by atoms with Crippen molar-refractivity contribution in [2.75, 3.05) is 0 Å². The van der Waals surface area contributed by atoms with Gasteiger partial charge < -0.3 is 0 Å². The summed E-state index contributed by atoms with van der Waals surface area (Å²) in [7, 11) is 0. The molecule has 1 rings (SSSR count). The summed E-state index contributed by atoms with van der Waals surface area (Å²) in [5.74, 6) is 0.549. The molecule has 0 aliphatic heterocycles. The van der Waals surface area contributed by atoms with E-state index >= 15 is 0 Å². The van der Waals surface area contributed by atoms with Gasteiger partial charge in [-0.25, -0.2) is 0 Å². The Morgan fingerprint density at radius 3 is 2.15 bits per heavy atom. The van der Waals surface area contributed by atoms with Crippen LogP contribution in [0.4, 0.5) is 0 Å². The average molecular weight is 215 g/mol. The fraction of sp³-hybridized carbons (Fsp3) is 0.273. The van der Waals surface area contributed by atoms with Crippen LogP contribution in [0.15, 0.2) is 29.8 Å². The summed E-state index contributed by atoms with van der Waals surface area (Å²) in [5, 5.41) is 0.581. The normalized spacial score (nSPS) is 12.2. The minimum atomic E-state index is 0.549. The van der Waals surface area contributed by atoms with E-state index < -0.39 is 0 Å². The predicted octanol–water partition coefficient (Wildman–Crippen LogP) is 4.59. The minimum absolute atomic E-state index is 0.549. The lowest BCUT2D eigenvalue weighted by atomic mass is 10.0. The molecule has 0 aromatic heterocycles. The van der Waals surface area contributed by atoms with Gasteiger partial charge in [0.1, 0.15) is 0 Å². The van der Waals surface area contributed by atoms with Gasteiger partial charge in [0, 0.05) is 5.54 Å². The smallest absolute Gasteiger partial charge is 0.0591 e. The lowest BCUT2D eigenvalue weighted by Gasteiger charge is -2.05. The second kappa shape index (κ2) is 4.69. The zero-order chi connectivity index (χ0) is 9.84. The summed E-state index contributed by atoms with van der Waals surface area (Å²) in [4.78, 5) is 0. The van der Waals surface area contributed by atoms with Gasteiger partial charge in [-0.15, -0.1) is 0 Å². The Hall–Kier alpha value is -0.460. The quantitative estimate of drug-likeness (QED) is 0.676. The maximum Gasteiger partial charge on any atom is 0.0591 e. The fourth-order valence-electron chi connectivity index (χ4n) is 1.09. The molecule has 0 unspecified atom stereocenters. The largest absolute Gasteiger partial charge is 0.0913 e. The Kier molecular flexibility index (Phi) is 3.83. The van der Waals surface area contributed by atoms with Crippen LogP contribution in [0.25, 0.3) is 5.03 Å². The van der Waals surface area contributed by atoms with Gasteiger partial charge in [0.25, 0.3) is 0 Å². The lowest BCUT2D eigenvalue weighted by Crippen LogP contribution is -1.86. The Bertz CT molecular complexity index is 296. The maximum absolute atomic E-state index is 5.85. The molecule has 0 aliphatic carbocycles. The van der Waals surface area contributed by atoms with E-state index in [1.54, 1.807) is 0 Å². The highest BCUT2D eigenvalue weighted by Gasteiger charge is 2.00. The van der Waals surface area contributed by atoms with Gasteiger partial charge in [-0.3, -0.25) is 0 Å². The van der Waals surface area contributed by atoms with Crippen LogP contribution in [0.5, 0.6) is 0 Å². The first-order valence-corrected chi connectivity index (χ1v) is 5.03. The van der Waals surface area contributed by atoms with E-state index in [1.165, 1.54) is 11.1 Å². The molecule has 0 bridgehead atoms. The molecule has 0 heterocycles. The summed E-state index contributed by atoms with van der Waals surface area (Å²) in [6, 6.07) is 8.11. The molecule has 0 aliphatic rings. The predicted molar refractivity (Wildman–Crippen MR) is 60.2 cm³/mol. The van der Waals surface area contributed by atoms with E-state index in [-0.39, 0.29) is 0 Å². The Morgan fingerprint density at radius 1 is 1.23 bits per heavy atom. The molecule has 0 saturated heterocycles. The molecule has 70 valence electrons. The molecule has 0 nitrogen and oxygen atoms in total. The number of rotatable bonds is 2. The summed E-state index contributed by atoms with van der Waals surface area (Å²) in [6.07, 6.45) is 0. The third-order valence-electron chi connectivity index (χ3n) is 1.95. The second-order valence-electron chi connectivity index (χ2n) is 3.23. The molecule has 0 saturated carbocycles. The molecule has 1 aromatic rings. The van der Waals surface area contributed by atoms with Crippen molar-refractivity contribution < 1.29 is 0 Å². The molecular weight excluding hydrogens is 203 g/mol. The topological polar surface area (TPSA) is 0 Å². The molecule has 0 N–H and O–H groups in total. The van der Waals surface area contributed by atoms with Crippen LogP contribution >= 0.6 is 23.2 Å². The first kappa shape index (κ1) is 10.6. The molecule has 2 heteroatoms. The van der Waals surface area contributed by atoms with Gasteiger partial charge in [0.2, 0.25) is 0 Å². The third kappa shape index (κ3) is 2.75. The minimum Gasteiger partial charge on any atom is -0.0913 e. The SMILES string of the molecule is CC(C)c1ccc(/C(Cl)=C/Cl)cc1. The van der Waals surface area contributed by atoms with Crippen LogP contribution in [-0.4, -0.2) is 0 Å². The van der Waals surface area contributed by atoms with E-state index in [0.717, 1.165) is 5.56 Å². The van der Waals surface area contributed by atoms with Crippen molar-refractivity contribution in [2.45, 2.75) is 19.8 Å². The van der Waals surface area contributed by atoms with Crippen LogP contribution in [-0.2, 0) is 0 Å². The standard InChI is InChI=1S/C11H12Cl2/c1-8(2)9-3-5-10(6-4-9)11(13)7-12/h3-8H,1-2H3/b11-7-. The Balaban J connectivity index is 2.94. The van der Waals surface area contributed by atoms with E-state index in [9.17, 15) is 0 Å². The van der Waals surface area contributed by atoms with Crippen LogP contribution in [0.1, 0.15) is 30.9 Å². The zero-order valence-corrected chi connectivity index (χ0v) is 9.23. The van der Waals surface area contributed by atoms with Crippen LogP contribution in [0.2, 0.25) is 0 Å². The van der Waals surface area contributed by atoms with E-state index in [1.807, 2.05) is 12.1 Å². The summed E-state index contributed by atoms with van der Waals surface area (Å²) < 4.78 is 0. The number of halogens is 2. The van der Waals surface area contributed by atoms with Crippen molar-refractivity contribution in [3.05, 3.63) is 40.9 Å². The Morgan fingerprint density at radius 2 is 1.77 bits per heavy atom. The molecule has 13 heavy (non-hydrogen) atoms. The molecule has 0 spiro atoms. The van der Waals surface area contributed by atoms with Crippen LogP contribution < -0.4 is 0 Å². The molecule has 0 radical (unpaired) electrons. The van der Waals surface area contributed by atoms with Gasteiger partial charge in [0.05, 0.1) is 5.03 Å². The maximum atomic E-state index is 5.85.